The number of ether oxygens (including phenoxy) is 2. The Kier molecular flexibility index (Phi) is 4.40. The monoisotopic (exact) mass is 330 g/mol. The standard InChI is InChI=1S/C18H19FN2O3/c1-23-14-8-7-11(9-15(14)24-2)10-21-17(16(20)18(21)22)12-5-3-4-6-13(12)19/h3-9,16-17H,10,20H2,1-2H3/t16-,17+/m0/s1. The summed E-state index contributed by atoms with van der Waals surface area (Å²) in [6, 6.07) is 10.6. The van der Waals surface area contributed by atoms with Crippen LogP contribution in [-0.2, 0) is 11.3 Å². The molecule has 1 aliphatic rings. The van der Waals surface area contributed by atoms with Crippen LogP contribution in [0.2, 0.25) is 0 Å². The minimum absolute atomic E-state index is 0.196. The van der Waals surface area contributed by atoms with Crippen molar-refractivity contribution >= 4 is 5.91 Å². The summed E-state index contributed by atoms with van der Waals surface area (Å²) >= 11 is 0. The number of methoxy groups -OCH3 is 2. The van der Waals surface area contributed by atoms with E-state index in [1.807, 2.05) is 6.07 Å². The number of carbonyl (C=O) groups is 1. The zero-order valence-electron chi connectivity index (χ0n) is 13.5. The Labute approximate surface area is 139 Å². The predicted molar refractivity (Wildman–Crippen MR) is 87.2 cm³/mol. The summed E-state index contributed by atoms with van der Waals surface area (Å²) in [4.78, 5) is 13.7. The molecule has 0 bridgehead atoms. The van der Waals surface area contributed by atoms with Gasteiger partial charge in [-0.2, -0.15) is 0 Å². The maximum absolute atomic E-state index is 14.1. The van der Waals surface area contributed by atoms with Crippen LogP contribution in [0.25, 0.3) is 0 Å². The van der Waals surface area contributed by atoms with Crippen LogP contribution in [0.1, 0.15) is 17.2 Å². The third-order valence-corrected chi connectivity index (χ3v) is 4.27. The summed E-state index contributed by atoms with van der Waals surface area (Å²) in [5, 5.41) is 0. The second-order valence-electron chi connectivity index (χ2n) is 5.65. The van der Waals surface area contributed by atoms with Crippen molar-refractivity contribution < 1.29 is 18.7 Å². The van der Waals surface area contributed by atoms with Gasteiger partial charge in [0.15, 0.2) is 11.5 Å². The van der Waals surface area contributed by atoms with E-state index in [1.54, 1.807) is 49.5 Å². The lowest BCUT2D eigenvalue weighted by Gasteiger charge is -2.45. The molecule has 1 fully saturated rings. The van der Waals surface area contributed by atoms with Gasteiger partial charge in [0.25, 0.3) is 0 Å². The molecule has 0 aromatic heterocycles. The number of likely N-dealkylation sites (tertiary alicyclic amines) is 1. The Hall–Kier alpha value is -2.60. The number of nitrogens with zero attached hydrogens (tertiary/aromatic N) is 1. The van der Waals surface area contributed by atoms with E-state index in [2.05, 4.69) is 0 Å². The van der Waals surface area contributed by atoms with Crippen LogP contribution in [0.15, 0.2) is 42.5 Å². The number of benzene rings is 2. The third-order valence-electron chi connectivity index (χ3n) is 4.27. The van der Waals surface area contributed by atoms with Gasteiger partial charge in [-0.3, -0.25) is 4.79 Å². The van der Waals surface area contributed by atoms with Crippen LogP contribution in [0.3, 0.4) is 0 Å². The highest BCUT2D eigenvalue weighted by Crippen LogP contribution is 2.37. The molecule has 2 aromatic rings. The highest BCUT2D eigenvalue weighted by molar-refractivity contribution is 5.89. The highest BCUT2D eigenvalue weighted by Gasteiger charge is 2.46. The number of amides is 1. The Morgan fingerprint density at radius 1 is 1.12 bits per heavy atom. The largest absolute Gasteiger partial charge is 0.493 e. The smallest absolute Gasteiger partial charge is 0.242 e. The molecule has 1 heterocycles. The minimum Gasteiger partial charge on any atom is -0.493 e. The van der Waals surface area contributed by atoms with Crippen LogP contribution >= 0.6 is 0 Å². The topological polar surface area (TPSA) is 64.8 Å². The first-order valence-electron chi connectivity index (χ1n) is 7.58. The van der Waals surface area contributed by atoms with Gasteiger partial charge in [-0.05, 0) is 23.8 Å². The van der Waals surface area contributed by atoms with Gasteiger partial charge < -0.3 is 20.1 Å². The Morgan fingerprint density at radius 2 is 1.83 bits per heavy atom. The molecule has 24 heavy (non-hydrogen) atoms. The molecule has 1 aliphatic heterocycles. The van der Waals surface area contributed by atoms with Crippen LogP contribution in [-0.4, -0.2) is 31.1 Å². The zero-order valence-corrected chi connectivity index (χ0v) is 13.5. The van der Waals surface area contributed by atoms with Gasteiger partial charge in [-0.25, -0.2) is 4.39 Å². The van der Waals surface area contributed by atoms with E-state index in [9.17, 15) is 9.18 Å². The highest BCUT2D eigenvalue weighted by atomic mass is 19.1. The molecule has 126 valence electrons. The molecule has 0 saturated carbocycles. The van der Waals surface area contributed by atoms with Crippen LogP contribution < -0.4 is 15.2 Å². The van der Waals surface area contributed by atoms with Crippen molar-refractivity contribution in [3.63, 3.8) is 0 Å². The summed E-state index contributed by atoms with van der Waals surface area (Å²) in [7, 11) is 3.11. The van der Waals surface area contributed by atoms with E-state index >= 15 is 0 Å². The lowest BCUT2D eigenvalue weighted by molar-refractivity contribution is -0.150. The van der Waals surface area contributed by atoms with E-state index < -0.39 is 12.1 Å². The summed E-state index contributed by atoms with van der Waals surface area (Å²) in [6.07, 6.45) is 0. The SMILES string of the molecule is COc1ccc(CN2C(=O)[C@@H](N)[C@H]2c2ccccc2F)cc1OC. The van der Waals surface area contributed by atoms with Gasteiger partial charge in [0.2, 0.25) is 5.91 Å². The Morgan fingerprint density at radius 3 is 2.50 bits per heavy atom. The van der Waals surface area contributed by atoms with Crippen LogP contribution in [0, 0.1) is 5.82 Å². The van der Waals surface area contributed by atoms with Gasteiger partial charge in [0, 0.05) is 12.1 Å². The molecule has 6 heteroatoms. The quantitative estimate of drug-likeness (QED) is 0.854. The fourth-order valence-electron chi connectivity index (χ4n) is 3.00. The number of hydrogen-bond donors (Lipinski definition) is 1. The minimum atomic E-state index is -0.720. The average Bonchev–Trinajstić information content (AvgIpc) is 2.62. The summed E-state index contributed by atoms with van der Waals surface area (Å²) < 4.78 is 24.5. The number of carbonyl (C=O) groups excluding carboxylic acids is 1. The molecule has 0 spiro atoms. The van der Waals surface area contributed by atoms with E-state index in [0.717, 1.165) is 5.56 Å². The second-order valence-corrected chi connectivity index (χ2v) is 5.65. The van der Waals surface area contributed by atoms with E-state index in [0.29, 0.717) is 23.6 Å². The van der Waals surface area contributed by atoms with Crippen molar-refractivity contribution in [1.82, 2.24) is 4.90 Å². The maximum atomic E-state index is 14.1. The zero-order chi connectivity index (χ0) is 17.3. The number of hydrogen-bond acceptors (Lipinski definition) is 4. The number of β-lactam (4-membered cyclic amide) rings is 1. The van der Waals surface area contributed by atoms with Crippen molar-refractivity contribution in [2.24, 2.45) is 5.73 Å². The first-order valence-corrected chi connectivity index (χ1v) is 7.58. The molecule has 3 rings (SSSR count). The lowest BCUT2D eigenvalue weighted by Crippen LogP contribution is -2.62. The van der Waals surface area contributed by atoms with E-state index in [-0.39, 0.29) is 11.7 Å². The van der Waals surface area contributed by atoms with Crippen LogP contribution in [0.5, 0.6) is 11.5 Å². The van der Waals surface area contributed by atoms with Gasteiger partial charge in [0.1, 0.15) is 11.9 Å². The molecular formula is C18H19FN2O3. The van der Waals surface area contributed by atoms with Gasteiger partial charge in [-0.1, -0.05) is 24.3 Å². The Bertz CT molecular complexity index is 766. The number of rotatable bonds is 5. The molecule has 0 aliphatic carbocycles. The number of halogens is 1. The summed E-state index contributed by atoms with van der Waals surface area (Å²) in [6.45, 7) is 0.325. The molecular weight excluding hydrogens is 311 g/mol. The molecule has 0 unspecified atom stereocenters. The van der Waals surface area contributed by atoms with Crippen molar-refractivity contribution in [3.05, 3.63) is 59.4 Å². The molecule has 2 aromatic carbocycles. The van der Waals surface area contributed by atoms with Gasteiger partial charge in [0.05, 0.1) is 20.3 Å². The first kappa shape index (κ1) is 16.3. The van der Waals surface area contributed by atoms with Crippen molar-refractivity contribution in [1.29, 1.82) is 0 Å². The van der Waals surface area contributed by atoms with Crippen molar-refractivity contribution in [3.8, 4) is 11.5 Å². The number of nitrogens with two attached hydrogens (primary N) is 1. The summed E-state index contributed by atoms with van der Waals surface area (Å²) in [5.41, 5.74) is 7.20. The van der Waals surface area contributed by atoms with Gasteiger partial charge in [-0.15, -0.1) is 0 Å². The molecule has 0 radical (unpaired) electrons. The fraction of sp³-hybridized carbons (Fsp3) is 0.278. The van der Waals surface area contributed by atoms with Crippen molar-refractivity contribution in [2.75, 3.05) is 14.2 Å². The predicted octanol–water partition coefficient (Wildman–Crippen LogP) is 2.25. The Balaban J connectivity index is 1.86. The van der Waals surface area contributed by atoms with E-state index in [1.165, 1.54) is 6.07 Å². The fourth-order valence-corrected chi connectivity index (χ4v) is 3.00. The lowest BCUT2D eigenvalue weighted by atomic mass is 9.88. The normalized spacial score (nSPS) is 19.8. The maximum Gasteiger partial charge on any atom is 0.242 e. The summed E-state index contributed by atoms with van der Waals surface area (Å²) in [5.74, 6) is 0.633. The first-order chi connectivity index (χ1) is 11.6. The molecule has 1 saturated heterocycles. The van der Waals surface area contributed by atoms with Crippen LogP contribution in [0.4, 0.5) is 4.39 Å². The molecule has 2 atom stereocenters. The molecule has 2 N–H and O–H groups in total. The third kappa shape index (κ3) is 2.69. The van der Waals surface area contributed by atoms with Gasteiger partial charge >= 0.3 is 0 Å². The van der Waals surface area contributed by atoms with Crippen molar-refractivity contribution in [2.45, 2.75) is 18.6 Å². The average molecular weight is 330 g/mol. The molecule has 5 nitrogen and oxygen atoms in total. The second kappa shape index (κ2) is 6.49. The van der Waals surface area contributed by atoms with E-state index in [4.69, 9.17) is 15.2 Å². The molecule has 1 amide bonds.